The normalized spacial score (nSPS) is 13.7. The van der Waals surface area contributed by atoms with Gasteiger partial charge in [0.2, 0.25) is 0 Å². The first-order chi connectivity index (χ1) is 9.31. The van der Waals surface area contributed by atoms with Gasteiger partial charge in [-0.3, -0.25) is 0 Å². The fourth-order valence-electron chi connectivity index (χ4n) is 2.74. The maximum absolute atomic E-state index is 9.26. The number of fused-ring (bicyclic) bond motifs is 1. The molecule has 0 amide bonds. The summed E-state index contributed by atoms with van der Waals surface area (Å²) in [6.07, 6.45) is 4.19. The van der Waals surface area contributed by atoms with Gasteiger partial charge in [-0.15, -0.1) is 0 Å². The highest BCUT2D eigenvalue weighted by Gasteiger charge is 2.21. The van der Waals surface area contributed by atoms with E-state index in [9.17, 15) is 5.26 Å². The fraction of sp³-hybridized carbons (Fsp3) is 0.250. The Bertz CT molecular complexity index is 657. The van der Waals surface area contributed by atoms with Crippen LogP contribution >= 0.6 is 11.6 Å². The third kappa shape index (κ3) is 2.11. The number of halogens is 1. The van der Waals surface area contributed by atoms with Crippen LogP contribution in [0.4, 0.5) is 0 Å². The average molecular weight is 269 g/mol. The summed E-state index contributed by atoms with van der Waals surface area (Å²) < 4.78 is 0. The van der Waals surface area contributed by atoms with Crippen molar-refractivity contribution in [2.24, 2.45) is 0 Å². The van der Waals surface area contributed by atoms with Crippen molar-refractivity contribution in [3.63, 3.8) is 0 Å². The van der Waals surface area contributed by atoms with Crippen molar-refractivity contribution in [2.75, 3.05) is 0 Å². The summed E-state index contributed by atoms with van der Waals surface area (Å²) in [5, 5.41) is 9.60. The maximum Gasteiger partial charge on any atom is 0.147 e. The van der Waals surface area contributed by atoms with Crippen LogP contribution in [0.5, 0.6) is 0 Å². The van der Waals surface area contributed by atoms with E-state index >= 15 is 0 Å². The molecule has 2 aromatic rings. The lowest BCUT2D eigenvalue weighted by molar-refractivity contribution is 0.682. The molecule has 1 heterocycles. The van der Waals surface area contributed by atoms with Gasteiger partial charge in [-0.05, 0) is 36.8 Å². The molecule has 1 aromatic carbocycles. The van der Waals surface area contributed by atoms with Crippen LogP contribution in [0.2, 0.25) is 5.15 Å². The Morgan fingerprint density at radius 2 is 1.74 bits per heavy atom. The molecular formula is C16H13ClN2. The zero-order valence-corrected chi connectivity index (χ0v) is 11.2. The summed E-state index contributed by atoms with van der Waals surface area (Å²) in [6, 6.07) is 12.3. The van der Waals surface area contributed by atoms with Gasteiger partial charge in [-0.1, -0.05) is 41.9 Å². The molecule has 0 aliphatic heterocycles. The van der Waals surface area contributed by atoms with Crippen LogP contribution in [0.25, 0.3) is 11.3 Å². The third-order valence-corrected chi connectivity index (χ3v) is 3.90. The Morgan fingerprint density at radius 1 is 1.05 bits per heavy atom. The lowest BCUT2D eigenvalue weighted by atomic mass is 9.86. The molecule has 1 aliphatic carbocycles. The molecule has 2 nitrogen and oxygen atoms in total. The van der Waals surface area contributed by atoms with Crippen molar-refractivity contribution in [3.05, 3.63) is 52.2 Å². The van der Waals surface area contributed by atoms with E-state index in [4.69, 9.17) is 11.6 Å². The van der Waals surface area contributed by atoms with Crippen LogP contribution in [0, 0.1) is 11.3 Å². The quantitative estimate of drug-likeness (QED) is 0.729. The van der Waals surface area contributed by atoms with Crippen LogP contribution in [-0.2, 0) is 12.8 Å². The second-order valence-electron chi connectivity index (χ2n) is 4.77. The number of nitriles is 1. The van der Waals surface area contributed by atoms with Gasteiger partial charge < -0.3 is 0 Å². The second-order valence-corrected chi connectivity index (χ2v) is 5.13. The molecule has 94 valence electrons. The molecule has 0 N–H and O–H groups in total. The first-order valence-electron chi connectivity index (χ1n) is 6.48. The number of hydrogen-bond donors (Lipinski definition) is 0. The van der Waals surface area contributed by atoms with Gasteiger partial charge >= 0.3 is 0 Å². The highest BCUT2D eigenvalue weighted by atomic mass is 35.5. The van der Waals surface area contributed by atoms with Crippen LogP contribution in [0.3, 0.4) is 0 Å². The van der Waals surface area contributed by atoms with E-state index in [1.807, 2.05) is 30.3 Å². The number of benzene rings is 1. The smallest absolute Gasteiger partial charge is 0.147 e. The van der Waals surface area contributed by atoms with Gasteiger partial charge in [0.1, 0.15) is 11.2 Å². The molecule has 0 fully saturated rings. The number of aromatic nitrogens is 1. The maximum atomic E-state index is 9.26. The van der Waals surface area contributed by atoms with Crippen LogP contribution in [0.15, 0.2) is 30.3 Å². The summed E-state index contributed by atoms with van der Waals surface area (Å²) in [4.78, 5) is 4.47. The molecule has 0 atom stereocenters. The van der Waals surface area contributed by atoms with Crippen LogP contribution in [-0.4, -0.2) is 4.98 Å². The highest BCUT2D eigenvalue weighted by Crippen LogP contribution is 2.34. The minimum absolute atomic E-state index is 0.335. The number of rotatable bonds is 1. The van der Waals surface area contributed by atoms with E-state index in [0.717, 1.165) is 42.5 Å². The van der Waals surface area contributed by atoms with Gasteiger partial charge in [0, 0.05) is 5.56 Å². The summed E-state index contributed by atoms with van der Waals surface area (Å²) in [5.74, 6) is 0. The van der Waals surface area contributed by atoms with Gasteiger partial charge in [0.05, 0.1) is 11.3 Å². The minimum Gasteiger partial charge on any atom is -0.234 e. The van der Waals surface area contributed by atoms with E-state index in [1.165, 1.54) is 5.56 Å². The second kappa shape index (κ2) is 5.03. The van der Waals surface area contributed by atoms with Crippen molar-refractivity contribution in [1.82, 2.24) is 4.98 Å². The first kappa shape index (κ1) is 12.2. The molecule has 19 heavy (non-hydrogen) atoms. The molecular weight excluding hydrogens is 256 g/mol. The van der Waals surface area contributed by atoms with E-state index in [-0.39, 0.29) is 0 Å². The van der Waals surface area contributed by atoms with Gasteiger partial charge in [-0.2, -0.15) is 5.26 Å². The fourth-order valence-corrected chi connectivity index (χ4v) is 2.98. The largest absolute Gasteiger partial charge is 0.234 e. The molecule has 0 bridgehead atoms. The lowest BCUT2D eigenvalue weighted by Crippen LogP contribution is -2.09. The zero-order chi connectivity index (χ0) is 13.2. The molecule has 1 aromatic heterocycles. The lowest BCUT2D eigenvalue weighted by Gasteiger charge is -2.20. The molecule has 3 rings (SSSR count). The van der Waals surface area contributed by atoms with E-state index in [0.29, 0.717) is 10.7 Å². The van der Waals surface area contributed by atoms with E-state index < -0.39 is 0 Å². The summed E-state index contributed by atoms with van der Waals surface area (Å²) in [5.41, 5.74) is 4.90. The van der Waals surface area contributed by atoms with Gasteiger partial charge in [-0.25, -0.2) is 4.98 Å². The predicted molar refractivity (Wildman–Crippen MR) is 76.0 cm³/mol. The Kier molecular flexibility index (Phi) is 3.23. The van der Waals surface area contributed by atoms with Crippen LogP contribution in [0.1, 0.15) is 29.5 Å². The van der Waals surface area contributed by atoms with Crippen molar-refractivity contribution in [1.29, 1.82) is 5.26 Å². The Labute approximate surface area is 117 Å². The molecule has 1 aliphatic rings. The van der Waals surface area contributed by atoms with Crippen molar-refractivity contribution in [2.45, 2.75) is 25.7 Å². The Morgan fingerprint density at radius 3 is 2.42 bits per heavy atom. The number of pyridine rings is 1. The molecule has 0 unspecified atom stereocenters. The molecule has 0 radical (unpaired) electrons. The molecule has 0 spiro atoms. The highest BCUT2D eigenvalue weighted by molar-refractivity contribution is 6.30. The average Bonchev–Trinajstić information content (AvgIpc) is 2.47. The Hall–Kier alpha value is -1.85. The predicted octanol–water partition coefficient (Wildman–Crippen LogP) is 4.15. The topological polar surface area (TPSA) is 36.7 Å². The first-order valence-corrected chi connectivity index (χ1v) is 6.86. The van der Waals surface area contributed by atoms with Gasteiger partial charge in [0.25, 0.3) is 0 Å². The number of nitrogens with zero attached hydrogens (tertiary/aromatic N) is 2. The van der Waals surface area contributed by atoms with Crippen molar-refractivity contribution in [3.8, 4) is 17.3 Å². The van der Waals surface area contributed by atoms with E-state index in [2.05, 4.69) is 11.1 Å². The van der Waals surface area contributed by atoms with Crippen molar-refractivity contribution < 1.29 is 0 Å². The molecule has 3 heteroatoms. The van der Waals surface area contributed by atoms with Gasteiger partial charge in [0.15, 0.2) is 0 Å². The summed E-state index contributed by atoms with van der Waals surface area (Å²) in [6.45, 7) is 0. The summed E-state index contributed by atoms with van der Waals surface area (Å²) in [7, 11) is 0. The monoisotopic (exact) mass is 268 g/mol. The summed E-state index contributed by atoms with van der Waals surface area (Å²) >= 11 is 6.18. The number of hydrogen-bond acceptors (Lipinski definition) is 2. The molecule has 0 saturated carbocycles. The van der Waals surface area contributed by atoms with E-state index in [1.54, 1.807) is 0 Å². The standard InChI is InChI=1S/C16H13ClN2/c17-16-14(10-18)12-8-4-5-9-13(12)15(19-16)11-6-2-1-3-7-11/h1-3,6-7H,4-5,8-9H2. The SMILES string of the molecule is N#Cc1c(Cl)nc(-c2ccccc2)c2c1CCCC2. The van der Waals surface area contributed by atoms with Crippen LogP contribution < -0.4 is 0 Å². The van der Waals surface area contributed by atoms with Crippen molar-refractivity contribution >= 4 is 11.6 Å². The zero-order valence-electron chi connectivity index (χ0n) is 10.5. The Balaban J connectivity index is 2.27. The third-order valence-electron chi connectivity index (χ3n) is 3.63. The molecule has 0 saturated heterocycles. The minimum atomic E-state index is 0.335.